The number of amides is 1. The molecule has 184 valence electrons. The highest BCUT2D eigenvalue weighted by atomic mass is 32.2. The molecular formula is C24H36N2O6S. The van der Waals surface area contributed by atoms with Gasteiger partial charge in [-0.05, 0) is 44.4 Å². The van der Waals surface area contributed by atoms with Crippen LogP contribution >= 0.6 is 0 Å². The molecule has 1 N–H and O–H groups in total. The third-order valence-corrected chi connectivity index (χ3v) is 8.47. The summed E-state index contributed by atoms with van der Waals surface area (Å²) >= 11 is 0. The van der Waals surface area contributed by atoms with E-state index in [0.29, 0.717) is 32.6 Å². The standard InChI is InChI=1S/C24H36N2O6S/c1-5-6-19-7-8-23-21(13-19)32-22(15-25(4)24(28)20-9-11-31-12-10-20)17(2)14-26(18(3)16-27)33(23,29)30/h5-8,13,17-18,20,22,27H,9-12,14-16H2,1-4H3/b6-5+/t17-,18-,22-/m0/s1. The maximum absolute atomic E-state index is 13.5. The molecule has 0 spiro atoms. The van der Waals surface area contributed by atoms with E-state index < -0.39 is 22.2 Å². The number of benzene rings is 1. The van der Waals surface area contributed by atoms with Crippen LogP contribution in [0.4, 0.5) is 0 Å². The van der Waals surface area contributed by atoms with Crippen LogP contribution in [-0.4, -0.2) is 80.7 Å². The van der Waals surface area contributed by atoms with Crippen LogP contribution in [0.25, 0.3) is 6.08 Å². The van der Waals surface area contributed by atoms with Gasteiger partial charge in [0, 0.05) is 44.7 Å². The molecule has 33 heavy (non-hydrogen) atoms. The normalized spacial score (nSPS) is 25.0. The second kappa shape index (κ2) is 11.0. The average Bonchev–Trinajstić information content (AvgIpc) is 2.81. The lowest BCUT2D eigenvalue weighted by Crippen LogP contribution is -2.50. The summed E-state index contributed by atoms with van der Waals surface area (Å²) in [4.78, 5) is 14.8. The fraction of sp³-hybridized carbons (Fsp3) is 0.625. The predicted molar refractivity (Wildman–Crippen MR) is 126 cm³/mol. The first-order valence-electron chi connectivity index (χ1n) is 11.6. The van der Waals surface area contributed by atoms with Crippen molar-refractivity contribution in [2.75, 3.05) is 40.0 Å². The lowest BCUT2D eigenvalue weighted by molar-refractivity contribution is -0.138. The number of rotatable bonds is 6. The molecule has 2 aliphatic rings. The van der Waals surface area contributed by atoms with E-state index in [0.717, 1.165) is 5.56 Å². The van der Waals surface area contributed by atoms with Crippen LogP contribution in [0, 0.1) is 11.8 Å². The number of carbonyl (C=O) groups is 1. The summed E-state index contributed by atoms with van der Waals surface area (Å²) < 4.78 is 40.0. The van der Waals surface area contributed by atoms with Crippen LogP contribution in [0.5, 0.6) is 5.75 Å². The molecule has 3 rings (SSSR count). The Kier molecular flexibility index (Phi) is 8.55. The van der Waals surface area contributed by atoms with Crippen LogP contribution in [-0.2, 0) is 19.6 Å². The van der Waals surface area contributed by atoms with Gasteiger partial charge in [0.2, 0.25) is 15.9 Å². The highest BCUT2D eigenvalue weighted by Gasteiger charge is 2.38. The number of sulfonamides is 1. The molecule has 2 heterocycles. The molecule has 0 unspecified atom stereocenters. The van der Waals surface area contributed by atoms with Crippen molar-refractivity contribution in [3.8, 4) is 5.75 Å². The molecular weight excluding hydrogens is 444 g/mol. The van der Waals surface area contributed by atoms with E-state index in [4.69, 9.17) is 9.47 Å². The van der Waals surface area contributed by atoms with Crippen LogP contribution < -0.4 is 4.74 Å². The quantitative estimate of drug-likeness (QED) is 0.672. The van der Waals surface area contributed by atoms with Crippen molar-refractivity contribution < 1.29 is 27.8 Å². The zero-order valence-corrected chi connectivity index (χ0v) is 20.8. The Morgan fingerprint density at radius 3 is 2.67 bits per heavy atom. The maximum atomic E-state index is 13.5. The second-order valence-electron chi connectivity index (χ2n) is 9.05. The molecule has 2 aliphatic heterocycles. The van der Waals surface area contributed by atoms with Gasteiger partial charge in [-0.1, -0.05) is 25.1 Å². The highest BCUT2D eigenvalue weighted by molar-refractivity contribution is 7.89. The molecule has 0 bridgehead atoms. The smallest absolute Gasteiger partial charge is 0.247 e. The minimum atomic E-state index is -3.87. The first-order chi connectivity index (χ1) is 15.7. The molecule has 1 aromatic rings. The van der Waals surface area contributed by atoms with E-state index in [2.05, 4.69) is 0 Å². The molecule has 8 nitrogen and oxygen atoms in total. The molecule has 0 aromatic heterocycles. The van der Waals surface area contributed by atoms with Gasteiger partial charge >= 0.3 is 0 Å². The highest BCUT2D eigenvalue weighted by Crippen LogP contribution is 2.34. The molecule has 1 fully saturated rings. The number of aliphatic hydroxyl groups excluding tert-OH is 1. The summed E-state index contributed by atoms with van der Waals surface area (Å²) in [5, 5.41) is 9.75. The number of allylic oxidation sites excluding steroid dienone is 1. The van der Waals surface area contributed by atoms with Crippen molar-refractivity contribution in [2.24, 2.45) is 11.8 Å². The monoisotopic (exact) mass is 480 g/mol. The minimum Gasteiger partial charge on any atom is -0.487 e. The second-order valence-corrected chi connectivity index (χ2v) is 10.9. The van der Waals surface area contributed by atoms with Crippen LogP contribution in [0.15, 0.2) is 29.2 Å². The Morgan fingerprint density at radius 1 is 1.33 bits per heavy atom. The Morgan fingerprint density at radius 2 is 2.03 bits per heavy atom. The SMILES string of the molecule is C/C=C/c1ccc2c(c1)O[C@@H](CN(C)C(=O)C1CCOCC1)[C@@H](C)CN([C@@H](C)CO)S2(=O)=O. The average molecular weight is 481 g/mol. The molecule has 0 radical (unpaired) electrons. The lowest BCUT2D eigenvalue weighted by Gasteiger charge is -2.38. The van der Waals surface area contributed by atoms with E-state index in [1.807, 2.05) is 26.0 Å². The van der Waals surface area contributed by atoms with Crippen LogP contribution in [0.2, 0.25) is 0 Å². The van der Waals surface area contributed by atoms with Gasteiger partial charge in [-0.25, -0.2) is 8.42 Å². The van der Waals surface area contributed by atoms with Gasteiger partial charge in [-0.3, -0.25) is 4.79 Å². The van der Waals surface area contributed by atoms with Gasteiger partial charge in [0.05, 0.1) is 13.2 Å². The number of carbonyl (C=O) groups excluding carboxylic acids is 1. The zero-order chi connectivity index (χ0) is 24.2. The summed E-state index contributed by atoms with van der Waals surface area (Å²) in [6.07, 6.45) is 4.75. The van der Waals surface area contributed by atoms with E-state index in [-0.39, 0.29) is 41.5 Å². The minimum absolute atomic E-state index is 0.0623. The number of nitrogens with zero attached hydrogens (tertiary/aromatic N) is 2. The topological polar surface area (TPSA) is 96.4 Å². The zero-order valence-electron chi connectivity index (χ0n) is 19.9. The Bertz CT molecular complexity index is 958. The van der Waals surface area contributed by atoms with E-state index >= 15 is 0 Å². The first kappa shape index (κ1) is 25.7. The summed E-state index contributed by atoms with van der Waals surface area (Å²) in [6, 6.07) is 4.43. The third kappa shape index (κ3) is 5.77. The number of aliphatic hydroxyl groups is 1. The molecule has 1 aromatic carbocycles. The molecule has 0 aliphatic carbocycles. The number of hydrogen-bond donors (Lipinski definition) is 1. The van der Waals surface area contributed by atoms with Gasteiger partial charge in [0.25, 0.3) is 0 Å². The van der Waals surface area contributed by atoms with Crippen molar-refractivity contribution in [2.45, 2.75) is 50.7 Å². The van der Waals surface area contributed by atoms with Crippen molar-refractivity contribution >= 4 is 22.0 Å². The van der Waals surface area contributed by atoms with Gasteiger partial charge in [0.15, 0.2) is 0 Å². The van der Waals surface area contributed by atoms with E-state index in [1.165, 1.54) is 4.31 Å². The lowest BCUT2D eigenvalue weighted by atomic mass is 9.97. The summed E-state index contributed by atoms with van der Waals surface area (Å²) in [6.45, 7) is 6.92. The maximum Gasteiger partial charge on any atom is 0.247 e. The van der Waals surface area contributed by atoms with E-state index in [1.54, 1.807) is 37.1 Å². The van der Waals surface area contributed by atoms with Gasteiger partial charge in [-0.15, -0.1) is 0 Å². The van der Waals surface area contributed by atoms with Crippen LogP contribution in [0.1, 0.15) is 39.2 Å². The molecule has 9 heteroatoms. The van der Waals surface area contributed by atoms with Gasteiger partial charge in [-0.2, -0.15) is 4.31 Å². The molecule has 1 amide bonds. The van der Waals surface area contributed by atoms with Crippen molar-refractivity contribution in [1.29, 1.82) is 0 Å². The summed E-state index contributed by atoms with van der Waals surface area (Å²) in [5.74, 6) is 0.0566. The molecule has 1 saturated heterocycles. The van der Waals surface area contributed by atoms with E-state index in [9.17, 15) is 18.3 Å². The van der Waals surface area contributed by atoms with Crippen molar-refractivity contribution in [3.63, 3.8) is 0 Å². The summed E-state index contributed by atoms with van der Waals surface area (Å²) in [5.41, 5.74) is 0.826. The fourth-order valence-corrected chi connectivity index (χ4v) is 6.20. The van der Waals surface area contributed by atoms with Gasteiger partial charge in [0.1, 0.15) is 16.7 Å². The van der Waals surface area contributed by atoms with Crippen molar-refractivity contribution in [3.05, 3.63) is 29.8 Å². The number of likely N-dealkylation sites (N-methyl/N-ethyl adjacent to an activating group) is 1. The number of ether oxygens (including phenoxy) is 2. The first-order valence-corrected chi connectivity index (χ1v) is 13.0. The van der Waals surface area contributed by atoms with Gasteiger partial charge < -0.3 is 19.5 Å². The third-order valence-electron chi connectivity index (χ3n) is 6.45. The van der Waals surface area contributed by atoms with Crippen LogP contribution in [0.3, 0.4) is 0 Å². The fourth-order valence-electron chi connectivity index (χ4n) is 4.37. The Balaban J connectivity index is 1.95. The Labute approximate surface area is 197 Å². The van der Waals surface area contributed by atoms with Crippen molar-refractivity contribution in [1.82, 2.24) is 9.21 Å². The largest absolute Gasteiger partial charge is 0.487 e. The predicted octanol–water partition coefficient (Wildman–Crippen LogP) is 2.37. The number of hydrogen-bond acceptors (Lipinski definition) is 6. The number of fused-ring (bicyclic) bond motifs is 1. The molecule has 0 saturated carbocycles. The summed E-state index contributed by atoms with van der Waals surface area (Å²) in [7, 11) is -2.10. The molecule has 3 atom stereocenters. The Hall–Kier alpha value is -1.94.